The molecule has 144 valence electrons. The minimum absolute atomic E-state index is 0.192. The number of hydrogen-bond donors (Lipinski definition) is 2. The van der Waals surface area contributed by atoms with E-state index >= 15 is 0 Å². The van der Waals surface area contributed by atoms with E-state index in [2.05, 4.69) is 0 Å². The van der Waals surface area contributed by atoms with Crippen LogP contribution in [-0.4, -0.2) is 33.7 Å². The second-order valence-electron chi connectivity index (χ2n) is 7.52. The highest BCUT2D eigenvalue weighted by Crippen LogP contribution is 2.29. The number of carbonyl (C=O) groups excluding carboxylic acids is 2. The van der Waals surface area contributed by atoms with E-state index in [1.54, 1.807) is 0 Å². The molecule has 2 fully saturated rings. The molecule has 0 spiro atoms. The van der Waals surface area contributed by atoms with Crippen LogP contribution in [-0.2, 0) is 19.2 Å². The Morgan fingerprint density at radius 3 is 1.15 bits per heavy atom. The highest BCUT2D eigenvalue weighted by Gasteiger charge is 2.30. The summed E-state index contributed by atoms with van der Waals surface area (Å²) in [6.45, 7) is 0. The van der Waals surface area contributed by atoms with Crippen LogP contribution in [0.1, 0.15) is 77.0 Å². The van der Waals surface area contributed by atoms with Crippen LogP contribution in [0.4, 0.5) is 0 Å². The monoisotopic (exact) mass is 364 g/mol. The predicted octanol–water partition coefficient (Wildman–Crippen LogP) is 3.53. The van der Waals surface area contributed by atoms with Crippen molar-refractivity contribution in [2.24, 2.45) is 11.8 Å². The van der Waals surface area contributed by atoms with Gasteiger partial charge in [0.25, 0.3) is 0 Å². The Balaban J connectivity index is 2.16. The second kappa shape index (κ2) is 9.64. The van der Waals surface area contributed by atoms with Gasteiger partial charge in [-0.25, -0.2) is 9.59 Å². The van der Waals surface area contributed by atoms with Crippen LogP contribution in [0.5, 0.6) is 0 Å². The molecule has 0 atom stereocenters. The van der Waals surface area contributed by atoms with Gasteiger partial charge in [-0.2, -0.15) is 0 Å². The van der Waals surface area contributed by atoms with Gasteiger partial charge >= 0.3 is 11.9 Å². The zero-order chi connectivity index (χ0) is 19.1. The topological polar surface area (TPSA) is 109 Å². The third-order valence-corrected chi connectivity index (χ3v) is 5.70. The Hall–Kier alpha value is -1.98. The number of carboxylic acid groups (broad SMARTS) is 2. The van der Waals surface area contributed by atoms with Crippen molar-refractivity contribution in [2.45, 2.75) is 77.0 Å². The summed E-state index contributed by atoms with van der Waals surface area (Å²) in [5.74, 6) is -3.65. The van der Waals surface area contributed by atoms with Crippen LogP contribution in [0.3, 0.4) is 0 Å². The number of carbonyl (C=O) groups is 4. The van der Waals surface area contributed by atoms with Crippen LogP contribution in [0.2, 0.25) is 0 Å². The lowest BCUT2D eigenvalue weighted by atomic mass is 9.81. The first-order valence-corrected chi connectivity index (χ1v) is 9.64. The average Bonchev–Trinajstić information content (AvgIpc) is 2.65. The first-order chi connectivity index (χ1) is 12.4. The van der Waals surface area contributed by atoms with Gasteiger partial charge in [0, 0.05) is 24.7 Å². The Bertz CT molecular complexity index is 539. The van der Waals surface area contributed by atoms with Crippen molar-refractivity contribution in [1.82, 2.24) is 0 Å². The van der Waals surface area contributed by atoms with Gasteiger partial charge < -0.3 is 10.2 Å². The van der Waals surface area contributed by atoms with Gasteiger partial charge in [0.2, 0.25) is 0 Å². The van der Waals surface area contributed by atoms with Gasteiger partial charge in [-0.1, -0.05) is 38.5 Å². The van der Waals surface area contributed by atoms with Crippen LogP contribution in [0.15, 0.2) is 11.1 Å². The number of ketones is 2. The molecule has 2 aliphatic rings. The summed E-state index contributed by atoms with van der Waals surface area (Å²) >= 11 is 0. The Kier molecular flexibility index (Phi) is 7.54. The minimum atomic E-state index is -1.41. The van der Waals surface area contributed by atoms with E-state index in [0.29, 0.717) is 0 Å². The van der Waals surface area contributed by atoms with Crippen molar-refractivity contribution < 1.29 is 29.4 Å². The van der Waals surface area contributed by atoms with Gasteiger partial charge in [-0.3, -0.25) is 9.59 Å². The van der Waals surface area contributed by atoms with Crippen molar-refractivity contribution >= 4 is 23.5 Å². The van der Waals surface area contributed by atoms with E-state index in [0.717, 1.165) is 64.2 Å². The van der Waals surface area contributed by atoms with E-state index < -0.39 is 35.9 Å². The molecule has 0 amide bonds. The fourth-order valence-electron chi connectivity index (χ4n) is 4.11. The molecule has 0 heterocycles. The molecular weight excluding hydrogens is 336 g/mol. The molecule has 0 bridgehead atoms. The number of hydrogen-bond acceptors (Lipinski definition) is 4. The molecule has 0 unspecified atom stereocenters. The first-order valence-electron chi connectivity index (χ1n) is 9.64. The normalized spacial score (nSPS) is 20.3. The summed E-state index contributed by atoms with van der Waals surface area (Å²) in [4.78, 5) is 48.2. The molecule has 26 heavy (non-hydrogen) atoms. The summed E-state index contributed by atoms with van der Waals surface area (Å²) in [5, 5.41) is 19.0. The second-order valence-corrected chi connectivity index (χ2v) is 7.52. The quantitative estimate of drug-likeness (QED) is 0.638. The molecule has 2 rings (SSSR count). The molecular formula is C20H28O6. The molecule has 2 N–H and O–H groups in total. The summed E-state index contributed by atoms with van der Waals surface area (Å²) in [6, 6.07) is 0. The summed E-state index contributed by atoms with van der Waals surface area (Å²) < 4.78 is 0. The van der Waals surface area contributed by atoms with Gasteiger partial charge in [-0.15, -0.1) is 0 Å². The predicted molar refractivity (Wildman–Crippen MR) is 94.7 cm³/mol. The van der Waals surface area contributed by atoms with E-state index in [4.69, 9.17) is 0 Å². The average molecular weight is 364 g/mol. The number of Topliss-reactive ketones (excluding diaryl/α,β-unsaturated/α-hetero) is 2. The van der Waals surface area contributed by atoms with E-state index in [9.17, 15) is 29.4 Å². The molecule has 6 nitrogen and oxygen atoms in total. The fourth-order valence-corrected chi connectivity index (χ4v) is 4.11. The SMILES string of the molecule is O=C(O)/C(CC(=O)C1CCCCC1)=C(\CC(=O)C1CCCCC1)C(=O)O. The fraction of sp³-hybridized carbons (Fsp3) is 0.700. The van der Waals surface area contributed by atoms with Crippen molar-refractivity contribution in [3.8, 4) is 0 Å². The molecule has 0 aromatic carbocycles. The van der Waals surface area contributed by atoms with Crippen molar-refractivity contribution in [3.63, 3.8) is 0 Å². The highest BCUT2D eigenvalue weighted by molar-refractivity contribution is 6.05. The zero-order valence-electron chi connectivity index (χ0n) is 15.2. The number of aliphatic carboxylic acids is 2. The molecule has 2 aliphatic carbocycles. The third kappa shape index (κ3) is 5.51. The van der Waals surface area contributed by atoms with Crippen molar-refractivity contribution in [1.29, 1.82) is 0 Å². The number of carboxylic acids is 2. The maximum Gasteiger partial charge on any atom is 0.332 e. The van der Waals surface area contributed by atoms with Crippen LogP contribution < -0.4 is 0 Å². The van der Waals surface area contributed by atoms with E-state index in [-0.39, 0.29) is 23.4 Å². The largest absolute Gasteiger partial charge is 0.478 e. The lowest BCUT2D eigenvalue weighted by molar-refractivity contribution is -0.137. The Morgan fingerprint density at radius 2 is 0.885 bits per heavy atom. The summed E-state index contributed by atoms with van der Waals surface area (Å²) in [7, 11) is 0. The molecule has 0 aromatic heterocycles. The maximum atomic E-state index is 12.5. The molecule has 6 heteroatoms. The lowest BCUT2D eigenvalue weighted by Gasteiger charge is -2.22. The zero-order valence-corrected chi connectivity index (χ0v) is 15.2. The van der Waals surface area contributed by atoms with Gasteiger partial charge in [0.1, 0.15) is 11.6 Å². The molecule has 2 saturated carbocycles. The molecule has 0 aliphatic heterocycles. The van der Waals surface area contributed by atoms with Crippen molar-refractivity contribution in [2.75, 3.05) is 0 Å². The molecule has 0 saturated heterocycles. The van der Waals surface area contributed by atoms with Gasteiger partial charge in [-0.05, 0) is 25.7 Å². The Morgan fingerprint density at radius 1 is 0.577 bits per heavy atom. The molecule has 0 aromatic rings. The number of rotatable bonds is 8. The van der Waals surface area contributed by atoms with Gasteiger partial charge in [0.15, 0.2) is 0 Å². The van der Waals surface area contributed by atoms with Crippen LogP contribution >= 0.6 is 0 Å². The molecule has 0 radical (unpaired) electrons. The highest BCUT2D eigenvalue weighted by atomic mass is 16.4. The smallest absolute Gasteiger partial charge is 0.332 e. The summed E-state index contributed by atoms with van der Waals surface area (Å²) in [5.41, 5.74) is -0.838. The third-order valence-electron chi connectivity index (χ3n) is 5.70. The van der Waals surface area contributed by atoms with Crippen LogP contribution in [0, 0.1) is 11.8 Å². The van der Waals surface area contributed by atoms with E-state index in [1.807, 2.05) is 0 Å². The Labute approximate surface area is 153 Å². The summed E-state index contributed by atoms with van der Waals surface area (Å²) in [6.07, 6.45) is 8.02. The van der Waals surface area contributed by atoms with Crippen molar-refractivity contribution in [3.05, 3.63) is 11.1 Å². The first kappa shape index (κ1) is 20.3. The minimum Gasteiger partial charge on any atom is -0.478 e. The van der Waals surface area contributed by atoms with Crippen LogP contribution in [0.25, 0.3) is 0 Å². The standard InChI is InChI=1S/C20H28O6/c21-17(13-7-3-1-4-8-13)11-15(19(23)24)16(20(25)26)12-18(22)14-9-5-2-6-10-14/h13-14H,1-12H2,(H,23,24)(H,25,26)/b16-15+. The lowest BCUT2D eigenvalue weighted by Crippen LogP contribution is -2.24. The van der Waals surface area contributed by atoms with Gasteiger partial charge in [0.05, 0.1) is 11.1 Å². The maximum absolute atomic E-state index is 12.5. The van der Waals surface area contributed by atoms with E-state index in [1.165, 1.54) is 0 Å².